The number of amides is 2. The second kappa shape index (κ2) is 9.88. The Bertz CT molecular complexity index is 1250. The Kier molecular flexibility index (Phi) is 6.51. The van der Waals surface area contributed by atoms with E-state index in [0.29, 0.717) is 11.8 Å². The van der Waals surface area contributed by atoms with Crippen molar-refractivity contribution >= 4 is 23.9 Å². The molecule has 2 amide bonds. The molecule has 0 aromatic heterocycles. The van der Waals surface area contributed by atoms with Gasteiger partial charge >= 0.3 is 5.97 Å². The third kappa shape index (κ3) is 4.32. The van der Waals surface area contributed by atoms with Crippen molar-refractivity contribution in [1.29, 1.82) is 0 Å². The van der Waals surface area contributed by atoms with E-state index in [-0.39, 0.29) is 37.9 Å². The molecule has 6 atom stereocenters. The van der Waals surface area contributed by atoms with E-state index in [4.69, 9.17) is 19.0 Å². The van der Waals surface area contributed by atoms with Crippen LogP contribution in [0, 0.1) is 17.3 Å². The number of hydrogen-bond donors (Lipinski definition) is 2. The van der Waals surface area contributed by atoms with Gasteiger partial charge in [0.05, 0.1) is 13.2 Å². The summed E-state index contributed by atoms with van der Waals surface area (Å²) in [6.07, 6.45) is 5.27. The van der Waals surface area contributed by atoms with E-state index in [0.717, 1.165) is 36.8 Å². The molecule has 11 nitrogen and oxygen atoms in total. The molecule has 41 heavy (non-hydrogen) atoms. The van der Waals surface area contributed by atoms with Crippen molar-refractivity contribution < 1.29 is 38.5 Å². The maximum atomic E-state index is 13.9. The molecule has 1 aromatic carbocycles. The maximum Gasteiger partial charge on any atom is 0.327 e. The number of rotatable bonds is 9. The number of benzene rings is 1. The molecule has 7 rings (SSSR count). The van der Waals surface area contributed by atoms with Crippen LogP contribution in [0.4, 0.5) is 0 Å². The van der Waals surface area contributed by atoms with Gasteiger partial charge in [-0.1, -0.05) is 24.3 Å². The summed E-state index contributed by atoms with van der Waals surface area (Å²) in [5, 5.41) is 13.8. The summed E-state index contributed by atoms with van der Waals surface area (Å²) in [5.74, 6) is -1.04. The van der Waals surface area contributed by atoms with Gasteiger partial charge in [-0.25, -0.2) is 0 Å². The first kappa shape index (κ1) is 27.0. The number of hydroxylamine groups is 2. The van der Waals surface area contributed by atoms with E-state index in [1.54, 1.807) is 25.2 Å². The monoisotopic (exact) mass is 567 g/mol. The third-order valence-corrected chi connectivity index (χ3v) is 9.48. The van der Waals surface area contributed by atoms with Crippen LogP contribution in [0.2, 0.25) is 0 Å². The van der Waals surface area contributed by atoms with Crippen molar-refractivity contribution in [3.63, 3.8) is 0 Å². The number of aliphatic hydroxyl groups excluding tert-OH is 1. The molecule has 0 unspecified atom stereocenters. The summed E-state index contributed by atoms with van der Waals surface area (Å²) < 4.78 is 19.5. The minimum Gasteiger partial charge on any atom is -0.458 e. The van der Waals surface area contributed by atoms with Gasteiger partial charge in [0.15, 0.2) is 11.8 Å². The first-order valence-corrected chi connectivity index (χ1v) is 14.6. The summed E-state index contributed by atoms with van der Waals surface area (Å²) in [6, 6.07) is 6.62. The van der Waals surface area contributed by atoms with Gasteiger partial charge < -0.3 is 29.5 Å². The van der Waals surface area contributed by atoms with Gasteiger partial charge in [0.1, 0.15) is 29.8 Å². The van der Waals surface area contributed by atoms with Gasteiger partial charge in [0.25, 0.3) is 0 Å². The van der Waals surface area contributed by atoms with Crippen molar-refractivity contribution in [2.45, 2.75) is 74.9 Å². The van der Waals surface area contributed by atoms with Crippen LogP contribution < -0.4 is 5.32 Å². The number of hydrogen-bond acceptors (Lipinski definition) is 9. The van der Waals surface area contributed by atoms with Crippen LogP contribution in [0.15, 0.2) is 30.3 Å². The number of nitrogens with one attached hydrogen (secondary N) is 1. The minimum absolute atomic E-state index is 0.0740. The number of nitrogens with zero attached hydrogens (tertiary/aromatic N) is 2. The van der Waals surface area contributed by atoms with Gasteiger partial charge in [-0.15, -0.1) is 0 Å². The molecule has 2 N–H and O–H groups in total. The van der Waals surface area contributed by atoms with Crippen molar-refractivity contribution in [3.8, 4) is 0 Å². The van der Waals surface area contributed by atoms with E-state index in [1.807, 2.05) is 24.3 Å². The largest absolute Gasteiger partial charge is 0.458 e. The number of fused-ring (bicyclic) bond motifs is 4. The second-order valence-corrected chi connectivity index (χ2v) is 12.4. The smallest absolute Gasteiger partial charge is 0.327 e. The second-order valence-electron chi connectivity index (χ2n) is 12.4. The molecular formula is C30H37N3O8. The molecule has 3 aliphatic heterocycles. The summed E-state index contributed by atoms with van der Waals surface area (Å²) >= 11 is 0. The standard InChI is InChI=1S/C30H37N3O8/c1-32(2)22(35)12-7-17-3-5-18(6-4-17)16-33-25-27(36)38-21-15-29(25,28(37)31-13-14-34)26(41-33)24-23(21)39-30(40-24,19-8-9-19)20-10-11-20/h3-7,12,19-21,23-26,34H,8-11,13-16H2,1-2H3,(H,31,37)/t21-,23+,24+,25+,26-,29+/m1/s1. The fraction of sp³-hybridized carbons (Fsp3) is 0.633. The first-order valence-electron chi connectivity index (χ1n) is 14.6. The summed E-state index contributed by atoms with van der Waals surface area (Å²) in [7, 11) is 3.39. The predicted molar refractivity (Wildman–Crippen MR) is 143 cm³/mol. The van der Waals surface area contributed by atoms with E-state index >= 15 is 0 Å². The van der Waals surface area contributed by atoms with Crippen LogP contribution in [0.1, 0.15) is 43.2 Å². The number of ether oxygens (including phenoxy) is 3. The molecular weight excluding hydrogens is 530 g/mol. The summed E-state index contributed by atoms with van der Waals surface area (Å²) in [4.78, 5) is 47.5. The van der Waals surface area contributed by atoms with E-state index in [1.165, 1.54) is 11.0 Å². The number of carbonyl (C=O) groups excluding carboxylic acids is 3. The molecule has 3 saturated carbocycles. The third-order valence-electron chi connectivity index (χ3n) is 9.48. The molecule has 0 radical (unpaired) electrons. The molecule has 0 spiro atoms. The average Bonchev–Trinajstić information content (AvgIpc) is 3.90. The summed E-state index contributed by atoms with van der Waals surface area (Å²) in [6.45, 7) is 0.102. The highest BCUT2D eigenvalue weighted by atomic mass is 16.8. The topological polar surface area (TPSA) is 127 Å². The van der Waals surface area contributed by atoms with E-state index in [9.17, 15) is 19.5 Å². The fourth-order valence-corrected chi connectivity index (χ4v) is 7.23. The number of likely N-dealkylation sites (N-methyl/N-ethyl adjacent to an activating group) is 1. The Balaban J connectivity index is 1.19. The van der Waals surface area contributed by atoms with E-state index < -0.39 is 47.6 Å². The quantitative estimate of drug-likeness (QED) is 0.332. The summed E-state index contributed by atoms with van der Waals surface area (Å²) in [5.41, 5.74) is 0.486. The van der Waals surface area contributed by atoms with Crippen molar-refractivity contribution in [1.82, 2.24) is 15.3 Å². The molecule has 220 valence electrons. The van der Waals surface area contributed by atoms with Gasteiger partial charge in [0.2, 0.25) is 11.8 Å². The van der Waals surface area contributed by atoms with Crippen molar-refractivity contribution in [3.05, 3.63) is 41.5 Å². The highest BCUT2D eigenvalue weighted by Gasteiger charge is 2.78. The zero-order valence-electron chi connectivity index (χ0n) is 23.4. The number of esters is 1. The Labute approximate surface area is 238 Å². The fourth-order valence-electron chi connectivity index (χ4n) is 7.23. The Hall–Kier alpha value is -2.83. The van der Waals surface area contributed by atoms with Crippen LogP contribution in [0.3, 0.4) is 0 Å². The lowest BCUT2D eigenvalue weighted by molar-refractivity contribution is -0.235. The van der Waals surface area contributed by atoms with Gasteiger partial charge in [-0.2, -0.15) is 5.06 Å². The molecule has 3 aliphatic carbocycles. The van der Waals surface area contributed by atoms with Crippen molar-refractivity contribution in [2.24, 2.45) is 17.3 Å². The first-order chi connectivity index (χ1) is 19.8. The van der Waals surface area contributed by atoms with Crippen LogP contribution in [0.25, 0.3) is 6.08 Å². The average molecular weight is 568 g/mol. The van der Waals surface area contributed by atoms with Crippen LogP contribution in [-0.2, 0) is 40.0 Å². The SMILES string of the molecule is CN(C)C(=O)C=Cc1ccc(CN2O[C@@H]3[C@H]4OC(C5CC5)(C5CC5)O[C@H]4[C@H]4C[C@]3(C(=O)NCCO)[C@@H]2C(=O)O4)cc1. The Morgan fingerprint density at radius 1 is 1.10 bits per heavy atom. The van der Waals surface area contributed by atoms with Crippen LogP contribution >= 0.6 is 0 Å². The lowest BCUT2D eigenvalue weighted by atomic mass is 9.62. The van der Waals surface area contributed by atoms with E-state index in [2.05, 4.69) is 5.32 Å². The zero-order valence-corrected chi connectivity index (χ0v) is 23.4. The molecule has 3 heterocycles. The Morgan fingerprint density at radius 3 is 2.41 bits per heavy atom. The maximum absolute atomic E-state index is 13.9. The number of carbonyl (C=O) groups is 3. The molecule has 1 aromatic rings. The molecule has 6 fully saturated rings. The molecule has 3 saturated heterocycles. The predicted octanol–water partition coefficient (Wildman–Crippen LogP) is 0.997. The zero-order chi connectivity index (χ0) is 28.5. The Morgan fingerprint density at radius 2 is 1.78 bits per heavy atom. The lowest BCUT2D eigenvalue weighted by Crippen LogP contribution is -2.69. The lowest BCUT2D eigenvalue weighted by Gasteiger charge is -2.48. The van der Waals surface area contributed by atoms with Gasteiger partial charge in [0, 0.05) is 45.0 Å². The highest BCUT2D eigenvalue weighted by Crippen LogP contribution is 2.63. The molecule has 11 heteroatoms. The highest BCUT2D eigenvalue weighted by molar-refractivity contribution is 5.93. The van der Waals surface area contributed by atoms with Crippen LogP contribution in [-0.4, -0.2) is 96.3 Å². The number of aliphatic hydroxyl groups is 1. The van der Waals surface area contributed by atoms with Gasteiger partial charge in [-0.05, 0) is 42.9 Å². The minimum atomic E-state index is -1.24. The van der Waals surface area contributed by atoms with Gasteiger partial charge in [-0.3, -0.25) is 19.2 Å². The molecule has 6 aliphatic rings. The normalized spacial score (nSPS) is 35.3. The van der Waals surface area contributed by atoms with Crippen LogP contribution in [0.5, 0.6) is 0 Å². The molecule has 2 bridgehead atoms. The van der Waals surface area contributed by atoms with Crippen molar-refractivity contribution in [2.75, 3.05) is 27.2 Å².